The summed E-state index contributed by atoms with van der Waals surface area (Å²) in [5, 5.41) is 13.1. The Kier molecular flexibility index (Phi) is 8.37. The van der Waals surface area contributed by atoms with Crippen LogP contribution < -0.4 is 10.5 Å². The molecule has 0 saturated carbocycles. The van der Waals surface area contributed by atoms with E-state index >= 15 is 0 Å². The number of piperidine rings is 1. The van der Waals surface area contributed by atoms with Crippen molar-refractivity contribution in [2.24, 2.45) is 17.6 Å². The molecule has 1 saturated heterocycles. The minimum atomic E-state index is -0.0559. The number of rotatable bonds is 10. The van der Waals surface area contributed by atoms with Crippen molar-refractivity contribution in [3.63, 3.8) is 0 Å². The quantitative estimate of drug-likeness (QED) is 0.428. The predicted octanol–water partition coefficient (Wildman–Crippen LogP) is 4.20. The molecule has 6 nitrogen and oxygen atoms in total. The van der Waals surface area contributed by atoms with Gasteiger partial charge >= 0.3 is 0 Å². The SMILES string of the molecule is COc1ccc2nccc([C@H](N)CC[C@@H]3CCN(CCSc4nccs4)C[C@@H]3CO)c2c1. The van der Waals surface area contributed by atoms with E-state index in [1.807, 2.05) is 53.8 Å². The van der Waals surface area contributed by atoms with Gasteiger partial charge in [0.15, 0.2) is 0 Å². The van der Waals surface area contributed by atoms with Crippen LogP contribution in [-0.4, -0.2) is 59.1 Å². The van der Waals surface area contributed by atoms with E-state index in [9.17, 15) is 5.11 Å². The Morgan fingerprint density at radius 2 is 2.19 bits per heavy atom. The molecule has 172 valence electrons. The van der Waals surface area contributed by atoms with Gasteiger partial charge in [-0.1, -0.05) is 11.8 Å². The molecule has 2 aromatic heterocycles. The lowest BCUT2D eigenvalue weighted by Gasteiger charge is -2.38. The first-order valence-electron chi connectivity index (χ1n) is 11.2. The van der Waals surface area contributed by atoms with Crippen LogP contribution in [0.2, 0.25) is 0 Å². The number of aliphatic hydroxyl groups excluding tert-OH is 1. The molecule has 4 rings (SSSR count). The number of hydrogen-bond donors (Lipinski definition) is 2. The third-order valence-electron chi connectivity index (χ3n) is 6.48. The first-order chi connectivity index (χ1) is 15.7. The number of fused-ring (bicyclic) bond motifs is 1. The highest BCUT2D eigenvalue weighted by Gasteiger charge is 2.29. The molecule has 1 aromatic carbocycles. The Hall–Kier alpha value is -1.71. The molecule has 0 unspecified atom stereocenters. The summed E-state index contributed by atoms with van der Waals surface area (Å²) in [6.45, 7) is 3.33. The van der Waals surface area contributed by atoms with E-state index in [-0.39, 0.29) is 12.6 Å². The van der Waals surface area contributed by atoms with Crippen molar-refractivity contribution in [1.82, 2.24) is 14.9 Å². The maximum absolute atomic E-state index is 10.0. The number of aromatic nitrogens is 2. The molecule has 1 aliphatic heterocycles. The second kappa shape index (κ2) is 11.4. The van der Waals surface area contributed by atoms with E-state index in [2.05, 4.69) is 14.9 Å². The maximum atomic E-state index is 10.0. The zero-order chi connectivity index (χ0) is 22.3. The van der Waals surface area contributed by atoms with Crippen LogP contribution in [0.4, 0.5) is 0 Å². The van der Waals surface area contributed by atoms with Crippen molar-refractivity contribution in [3.05, 3.63) is 47.6 Å². The van der Waals surface area contributed by atoms with Crippen LogP contribution in [0, 0.1) is 11.8 Å². The van der Waals surface area contributed by atoms with Gasteiger partial charge in [0.25, 0.3) is 0 Å². The van der Waals surface area contributed by atoms with E-state index < -0.39 is 0 Å². The number of ether oxygens (including phenoxy) is 1. The minimum Gasteiger partial charge on any atom is -0.497 e. The Morgan fingerprint density at radius 1 is 1.28 bits per heavy atom. The predicted molar refractivity (Wildman–Crippen MR) is 132 cm³/mol. The zero-order valence-electron chi connectivity index (χ0n) is 18.5. The topological polar surface area (TPSA) is 84.5 Å². The number of benzene rings is 1. The molecule has 8 heteroatoms. The van der Waals surface area contributed by atoms with Crippen LogP contribution in [0.5, 0.6) is 5.75 Å². The number of pyridine rings is 1. The molecule has 3 N–H and O–H groups in total. The largest absolute Gasteiger partial charge is 0.497 e. The van der Waals surface area contributed by atoms with Gasteiger partial charge in [0.05, 0.1) is 12.6 Å². The Bertz CT molecular complexity index is 985. The molecular formula is C24H32N4O2S2. The molecule has 0 radical (unpaired) electrons. The summed E-state index contributed by atoms with van der Waals surface area (Å²) in [4.78, 5) is 11.3. The van der Waals surface area contributed by atoms with Crippen molar-refractivity contribution in [3.8, 4) is 5.75 Å². The summed E-state index contributed by atoms with van der Waals surface area (Å²) in [5.41, 5.74) is 8.70. The van der Waals surface area contributed by atoms with Crippen LogP contribution in [0.25, 0.3) is 10.9 Å². The van der Waals surface area contributed by atoms with Gasteiger partial charge in [-0.3, -0.25) is 4.98 Å². The third kappa shape index (κ3) is 5.80. The van der Waals surface area contributed by atoms with Gasteiger partial charge in [0, 0.05) is 54.7 Å². The lowest BCUT2D eigenvalue weighted by molar-refractivity contribution is 0.0701. The normalized spacial score (nSPS) is 20.5. The molecule has 1 fully saturated rings. The monoisotopic (exact) mass is 472 g/mol. The van der Waals surface area contributed by atoms with Crippen LogP contribution in [0.3, 0.4) is 0 Å². The van der Waals surface area contributed by atoms with E-state index in [0.717, 1.165) is 71.2 Å². The lowest BCUT2D eigenvalue weighted by atomic mass is 9.81. The molecule has 3 heterocycles. The van der Waals surface area contributed by atoms with E-state index in [0.29, 0.717) is 11.8 Å². The Balaban J connectivity index is 1.31. The number of hydrogen-bond acceptors (Lipinski definition) is 8. The van der Waals surface area contributed by atoms with Crippen molar-refractivity contribution >= 4 is 34.0 Å². The highest BCUT2D eigenvalue weighted by Crippen LogP contribution is 2.33. The zero-order valence-corrected chi connectivity index (χ0v) is 20.2. The van der Waals surface area contributed by atoms with Gasteiger partial charge in [-0.05, 0) is 67.5 Å². The van der Waals surface area contributed by atoms with Gasteiger partial charge in [-0.2, -0.15) is 0 Å². The van der Waals surface area contributed by atoms with E-state index in [1.54, 1.807) is 18.4 Å². The Morgan fingerprint density at radius 3 is 2.97 bits per heavy atom. The molecule has 1 aliphatic rings. The van der Waals surface area contributed by atoms with E-state index in [4.69, 9.17) is 10.5 Å². The molecule has 0 aliphatic carbocycles. The van der Waals surface area contributed by atoms with Gasteiger partial charge in [0.2, 0.25) is 0 Å². The van der Waals surface area contributed by atoms with Crippen molar-refractivity contribution in [2.45, 2.75) is 29.6 Å². The third-order valence-corrected chi connectivity index (χ3v) is 8.43. The standard InChI is InChI=1S/C24H32N4O2S2/c1-30-19-3-5-23-21(14-19)20(6-8-26-23)22(25)4-2-17-7-10-28(15-18(17)16-29)11-13-32-24-27-9-12-31-24/h3,5-6,8-9,12,14,17-18,22,29H,2,4,7,10-11,13,15-16,25H2,1H3/t17-,18-,22-/m1/s1. The lowest BCUT2D eigenvalue weighted by Crippen LogP contribution is -2.43. The fourth-order valence-electron chi connectivity index (χ4n) is 4.64. The molecule has 3 aromatic rings. The fourth-order valence-corrected chi connectivity index (χ4v) is 6.34. The summed E-state index contributed by atoms with van der Waals surface area (Å²) in [5.74, 6) is 2.69. The fraction of sp³-hybridized carbons (Fsp3) is 0.500. The first-order valence-corrected chi connectivity index (χ1v) is 13.1. The molecular weight excluding hydrogens is 440 g/mol. The molecule has 0 amide bonds. The van der Waals surface area contributed by atoms with Gasteiger partial charge in [-0.25, -0.2) is 4.98 Å². The van der Waals surface area contributed by atoms with Crippen LogP contribution in [0.1, 0.15) is 30.9 Å². The van der Waals surface area contributed by atoms with Crippen molar-refractivity contribution < 1.29 is 9.84 Å². The smallest absolute Gasteiger partial charge is 0.149 e. The van der Waals surface area contributed by atoms with Crippen LogP contribution in [-0.2, 0) is 0 Å². The summed E-state index contributed by atoms with van der Waals surface area (Å²) in [6, 6.07) is 7.91. The average Bonchev–Trinajstić information content (AvgIpc) is 3.35. The number of methoxy groups -OCH3 is 1. The minimum absolute atomic E-state index is 0.0559. The van der Waals surface area contributed by atoms with Gasteiger partial charge in [-0.15, -0.1) is 11.3 Å². The summed E-state index contributed by atoms with van der Waals surface area (Å²) in [7, 11) is 1.68. The van der Waals surface area contributed by atoms with Gasteiger partial charge < -0.3 is 20.5 Å². The van der Waals surface area contributed by atoms with Crippen LogP contribution >= 0.6 is 23.1 Å². The molecule has 3 atom stereocenters. The summed E-state index contributed by atoms with van der Waals surface area (Å²) >= 11 is 3.51. The summed E-state index contributed by atoms with van der Waals surface area (Å²) in [6.07, 6.45) is 6.74. The van der Waals surface area contributed by atoms with Crippen molar-refractivity contribution in [2.75, 3.05) is 39.1 Å². The number of nitrogens with two attached hydrogens (primary N) is 1. The average molecular weight is 473 g/mol. The number of aliphatic hydroxyl groups is 1. The first kappa shape index (κ1) is 23.4. The van der Waals surface area contributed by atoms with Gasteiger partial charge in [0.1, 0.15) is 10.1 Å². The maximum Gasteiger partial charge on any atom is 0.149 e. The number of thiazole rings is 1. The number of thioether (sulfide) groups is 1. The van der Waals surface area contributed by atoms with Crippen LogP contribution in [0.15, 0.2) is 46.4 Å². The number of nitrogens with zero attached hydrogens (tertiary/aromatic N) is 3. The van der Waals surface area contributed by atoms with E-state index in [1.165, 1.54) is 0 Å². The number of likely N-dealkylation sites (tertiary alicyclic amines) is 1. The second-order valence-corrected chi connectivity index (χ2v) is 10.6. The summed E-state index contributed by atoms with van der Waals surface area (Å²) < 4.78 is 6.53. The molecule has 0 bridgehead atoms. The Labute approximate surface area is 198 Å². The highest BCUT2D eigenvalue weighted by molar-refractivity contribution is 8.01. The van der Waals surface area contributed by atoms with Crippen molar-refractivity contribution in [1.29, 1.82) is 0 Å². The highest BCUT2D eigenvalue weighted by atomic mass is 32.2. The second-order valence-electron chi connectivity index (χ2n) is 8.41. The molecule has 32 heavy (non-hydrogen) atoms. The molecule has 0 spiro atoms.